The van der Waals surface area contributed by atoms with Crippen molar-refractivity contribution < 1.29 is 31.9 Å². The van der Waals surface area contributed by atoms with E-state index in [4.69, 9.17) is 9.47 Å². The van der Waals surface area contributed by atoms with E-state index in [0.717, 1.165) is 36.4 Å². The molecule has 2 aromatic rings. The number of rotatable bonds is 10. The SMILES string of the molecule is CCS(=O)(=O)N(CC(=O)N(Cc1ccccc1F)[C@@H](C)C(=O)NC1CCCCC1)c1ccc2c(c1)OCCO2. The van der Waals surface area contributed by atoms with Crippen molar-refractivity contribution in [3.63, 3.8) is 0 Å². The van der Waals surface area contributed by atoms with Crippen LogP contribution < -0.4 is 19.1 Å². The number of ether oxygens (including phenoxy) is 2. The molecule has 4 rings (SSSR count). The summed E-state index contributed by atoms with van der Waals surface area (Å²) in [6.07, 6.45) is 4.91. The van der Waals surface area contributed by atoms with Crippen molar-refractivity contribution in [2.45, 2.75) is 64.6 Å². The fraction of sp³-hybridized carbons (Fsp3) is 0.500. The molecular formula is C28H36FN3O6S. The van der Waals surface area contributed by atoms with Gasteiger partial charge in [-0.25, -0.2) is 12.8 Å². The Bertz CT molecular complexity index is 1280. The Morgan fingerprint density at radius 2 is 1.74 bits per heavy atom. The number of sulfonamides is 1. The van der Waals surface area contributed by atoms with Crippen LogP contribution in [0.3, 0.4) is 0 Å². The maximum Gasteiger partial charge on any atom is 0.244 e. The Morgan fingerprint density at radius 3 is 2.44 bits per heavy atom. The van der Waals surface area contributed by atoms with Crippen LogP contribution in [-0.2, 0) is 26.2 Å². The van der Waals surface area contributed by atoms with E-state index in [9.17, 15) is 22.4 Å². The first kappa shape index (κ1) is 28.7. The zero-order valence-electron chi connectivity index (χ0n) is 22.4. The van der Waals surface area contributed by atoms with Gasteiger partial charge < -0.3 is 19.7 Å². The molecular weight excluding hydrogens is 525 g/mol. The second kappa shape index (κ2) is 12.7. The second-order valence-electron chi connectivity index (χ2n) is 9.87. The first-order valence-electron chi connectivity index (χ1n) is 13.4. The molecule has 0 aromatic heterocycles. The number of hydrogen-bond acceptors (Lipinski definition) is 6. The van der Waals surface area contributed by atoms with E-state index >= 15 is 0 Å². The van der Waals surface area contributed by atoms with E-state index in [-0.39, 0.29) is 35.5 Å². The third kappa shape index (κ3) is 7.00. The van der Waals surface area contributed by atoms with Crippen LogP contribution in [0.15, 0.2) is 42.5 Å². The van der Waals surface area contributed by atoms with Gasteiger partial charge in [0, 0.05) is 24.2 Å². The molecule has 0 unspecified atom stereocenters. The molecule has 1 heterocycles. The van der Waals surface area contributed by atoms with Gasteiger partial charge >= 0.3 is 0 Å². The molecule has 1 saturated carbocycles. The summed E-state index contributed by atoms with van der Waals surface area (Å²) in [5, 5.41) is 3.03. The van der Waals surface area contributed by atoms with Gasteiger partial charge in [0.1, 0.15) is 31.6 Å². The Kier molecular flexibility index (Phi) is 9.32. The molecule has 0 saturated heterocycles. The van der Waals surface area contributed by atoms with Crippen LogP contribution in [0.5, 0.6) is 11.5 Å². The Morgan fingerprint density at radius 1 is 1.05 bits per heavy atom. The van der Waals surface area contributed by atoms with Crippen LogP contribution in [0.1, 0.15) is 51.5 Å². The van der Waals surface area contributed by atoms with E-state index in [1.165, 1.54) is 24.0 Å². The van der Waals surface area contributed by atoms with Gasteiger partial charge in [-0.2, -0.15) is 0 Å². The molecule has 1 aliphatic carbocycles. The molecule has 39 heavy (non-hydrogen) atoms. The summed E-state index contributed by atoms with van der Waals surface area (Å²) in [6, 6.07) is 9.77. The topological polar surface area (TPSA) is 105 Å². The van der Waals surface area contributed by atoms with Crippen molar-refractivity contribution in [1.29, 1.82) is 0 Å². The van der Waals surface area contributed by atoms with Crippen LogP contribution in [-0.4, -0.2) is 62.7 Å². The van der Waals surface area contributed by atoms with Gasteiger partial charge in [-0.3, -0.25) is 13.9 Å². The average Bonchev–Trinajstić information content (AvgIpc) is 2.95. The fourth-order valence-corrected chi connectivity index (χ4v) is 5.92. The molecule has 1 N–H and O–H groups in total. The van der Waals surface area contributed by atoms with E-state index in [2.05, 4.69) is 5.32 Å². The first-order valence-corrected chi connectivity index (χ1v) is 15.0. The lowest BCUT2D eigenvalue weighted by molar-refractivity contribution is -0.139. The van der Waals surface area contributed by atoms with E-state index in [1.807, 2.05) is 0 Å². The summed E-state index contributed by atoms with van der Waals surface area (Å²) in [5.41, 5.74) is 0.465. The summed E-state index contributed by atoms with van der Waals surface area (Å²) in [5.74, 6) is -0.877. The van der Waals surface area contributed by atoms with Crippen molar-refractivity contribution in [3.05, 3.63) is 53.8 Å². The summed E-state index contributed by atoms with van der Waals surface area (Å²) in [6.45, 7) is 3.02. The minimum absolute atomic E-state index is 0.0220. The first-order chi connectivity index (χ1) is 18.7. The molecule has 212 valence electrons. The number of halogens is 1. The summed E-state index contributed by atoms with van der Waals surface area (Å²) in [7, 11) is -3.90. The third-order valence-corrected chi connectivity index (χ3v) is 8.95. The van der Waals surface area contributed by atoms with Gasteiger partial charge in [-0.15, -0.1) is 0 Å². The zero-order chi connectivity index (χ0) is 28.0. The smallest absolute Gasteiger partial charge is 0.244 e. The summed E-state index contributed by atoms with van der Waals surface area (Å²) >= 11 is 0. The lowest BCUT2D eigenvalue weighted by Crippen LogP contribution is -2.53. The maximum atomic E-state index is 14.6. The molecule has 1 atom stereocenters. The van der Waals surface area contributed by atoms with Gasteiger partial charge in [-0.1, -0.05) is 37.5 Å². The number of fused-ring (bicyclic) bond motifs is 1. The van der Waals surface area contributed by atoms with Crippen molar-refractivity contribution in [1.82, 2.24) is 10.2 Å². The second-order valence-corrected chi connectivity index (χ2v) is 12.0. The van der Waals surface area contributed by atoms with Crippen molar-refractivity contribution in [3.8, 4) is 11.5 Å². The molecule has 0 spiro atoms. The Labute approximate surface area is 229 Å². The van der Waals surface area contributed by atoms with Crippen molar-refractivity contribution in [2.75, 3.05) is 29.8 Å². The fourth-order valence-electron chi connectivity index (χ4n) is 4.87. The lowest BCUT2D eigenvalue weighted by Gasteiger charge is -2.33. The van der Waals surface area contributed by atoms with Crippen LogP contribution >= 0.6 is 0 Å². The Balaban J connectivity index is 1.62. The molecule has 2 aliphatic rings. The third-order valence-electron chi connectivity index (χ3n) is 7.21. The monoisotopic (exact) mass is 561 g/mol. The molecule has 0 bridgehead atoms. The molecule has 2 aromatic carbocycles. The number of nitrogens with zero attached hydrogens (tertiary/aromatic N) is 2. The van der Waals surface area contributed by atoms with Crippen LogP contribution in [0.25, 0.3) is 0 Å². The Hall–Kier alpha value is -3.34. The van der Waals surface area contributed by atoms with Crippen LogP contribution in [0, 0.1) is 5.82 Å². The minimum Gasteiger partial charge on any atom is -0.486 e. The number of hydrogen-bond donors (Lipinski definition) is 1. The standard InChI is InChI=1S/C28H36FN3O6S/c1-3-39(35,36)32(23-13-14-25-26(17-23)38-16-15-37-25)19-27(33)31(18-21-9-7-8-12-24(21)29)20(2)28(34)30-22-10-5-4-6-11-22/h7-9,12-14,17,20,22H,3-6,10-11,15-16,18-19H2,1-2H3,(H,30,34)/t20-/m0/s1. The quantitative estimate of drug-likeness (QED) is 0.475. The molecule has 0 radical (unpaired) electrons. The predicted octanol–water partition coefficient (Wildman–Crippen LogP) is 3.62. The number of carbonyl (C=O) groups excluding carboxylic acids is 2. The van der Waals surface area contributed by atoms with Gasteiger partial charge in [0.05, 0.1) is 11.4 Å². The number of benzene rings is 2. The van der Waals surface area contributed by atoms with E-state index in [0.29, 0.717) is 24.7 Å². The van der Waals surface area contributed by atoms with E-state index < -0.39 is 34.3 Å². The van der Waals surface area contributed by atoms with Gasteiger partial charge in [0.2, 0.25) is 21.8 Å². The summed E-state index contributed by atoms with van der Waals surface area (Å²) < 4.78 is 53.1. The highest BCUT2D eigenvalue weighted by molar-refractivity contribution is 7.92. The molecule has 11 heteroatoms. The largest absolute Gasteiger partial charge is 0.486 e. The van der Waals surface area contributed by atoms with Gasteiger partial charge in [0.25, 0.3) is 0 Å². The van der Waals surface area contributed by atoms with Gasteiger partial charge in [0.15, 0.2) is 11.5 Å². The normalized spacial score (nSPS) is 16.3. The molecule has 1 aliphatic heterocycles. The molecule has 1 fully saturated rings. The average molecular weight is 562 g/mol. The van der Waals surface area contributed by atoms with Crippen molar-refractivity contribution >= 4 is 27.5 Å². The van der Waals surface area contributed by atoms with Crippen molar-refractivity contribution in [2.24, 2.45) is 0 Å². The minimum atomic E-state index is -3.90. The highest BCUT2D eigenvalue weighted by Gasteiger charge is 2.32. The summed E-state index contributed by atoms with van der Waals surface area (Å²) in [4.78, 5) is 28.3. The number of amides is 2. The lowest BCUT2D eigenvalue weighted by atomic mass is 9.95. The van der Waals surface area contributed by atoms with Crippen LogP contribution in [0.4, 0.5) is 10.1 Å². The molecule has 9 nitrogen and oxygen atoms in total. The predicted molar refractivity (Wildman–Crippen MR) is 146 cm³/mol. The zero-order valence-corrected chi connectivity index (χ0v) is 23.2. The molecule has 2 amide bonds. The highest BCUT2D eigenvalue weighted by atomic mass is 32.2. The number of anilines is 1. The van der Waals surface area contributed by atoms with Gasteiger partial charge in [-0.05, 0) is 44.9 Å². The van der Waals surface area contributed by atoms with Crippen LogP contribution in [0.2, 0.25) is 0 Å². The maximum absolute atomic E-state index is 14.6. The highest BCUT2D eigenvalue weighted by Crippen LogP contribution is 2.35. The van der Waals surface area contributed by atoms with E-state index in [1.54, 1.807) is 37.3 Å². The number of carbonyl (C=O) groups is 2. The number of nitrogens with one attached hydrogen (secondary N) is 1.